The van der Waals surface area contributed by atoms with Crippen molar-refractivity contribution in [2.24, 2.45) is 0 Å². The van der Waals surface area contributed by atoms with Crippen LogP contribution in [0.3, 0.4) is 0 Å². The summed E-state index contributed by atoms with van der Waals surface area (Å²) in [6.45, 7) is 1.19. The van der Waals surface area contributed by atoms with Crippen LogP contribution in [0.1, 0.15) is 22.3 Å². The number of rotatable bonds is 6. The molecule has 28 heavy (non-hydrogen) atoms. The van der Waals surface area contributed by atoms with Crippen LogP contribution in [0, 0.1) is 0 Å². The molecule has 2 amide bonds. The molecule has 0 radical (unpaired) electrons. The Morgan fingerprint density at radius 2 is 1.89 bits per heavy atom. The third-order valence-electron chi connectivity index (χ3n) is 4.88. The van der Waals surface area contributed by atoms with Gasteiger partial charge in [-0.15, -0.1) is 0 Å². The normalized spacial score (nSPS) is 16.4. The van der Waals surface area contributed by atoms with E-state index >= 15 is 0 Å². The van der Waals surface area contributed by atoms with Gasteiger partial charge in [0.25, 0.3) is 5.91 Å². The third-order valence-corrected chi connectivity index (χ3v) is 4.88. The van der Waals surface area contributed by atoms with E-state index in [1.807, 2.05) is 35.2 Å². The summed E-state index contributed by atoms with van der Waals surface area (Å²) in [6, 6.07) is 17.1. The summed E-state index contributed by atoms with van der Waals surface area (Å²) in [7, 11) is 0. The number of para-hydroxylation sites is 1. The van der Waals surface area contributed by atoms with Gasteiger partial charge in [-0.1, -0.05) is 42.5 Å². The minimum atomic E-state index is -0.214. The summed E-state index contributed by atoms with van der Waals surface area (Å²) in [5.41, 5.74) is 2.36. The number of benzene rings is 2. The molecule has 1 aliphatic heterocycles. The maximum atomic E-state index is 12.8. The van der Waals surface area contributed by atoms with Gasteiger partial charge in [0.1, 0.15) is 12.7 Å². The highest BCUT2D eigenvalue weighted by Crippen LogP contribution is 2.16. The molecule has 142 valence electrons. The largest absolute Gasteiger partial charge is 0.347 e. The van der Waals surface area contributed by atoms with Crippen LogP contribution >= 0.6 is 0 Å². The first-order valence-electron chi connectivity index (χ1n) is 9.27. The lowest BCUT2D eigenvalue weighted by molar-refractivity contribution is -0.127. The SMILES string of the molecule is O=C(NC1CC(=O)N(CCc2ccccc2)C1)c1ccccc1-n1cncn1. The van der Waals surface area contributed by atoms with Gasteiger partial charge in [-0.05, 0) is 24.1 Å². The van der Waals surface area contributed by atoms with E-state index in [-0.39, 0.29) is 17.9 Å². The smallest absolute Gasteiger partial charge is 0.253 e. The van der Waals surface area contributed by atoms with E-state index in [4.69, 9.17) is 0 Å². The molecule has 1 N–H and O–H groups in total. The highest BCUT2D eigenvalue weighted by atomic mass is 16.2. The lowest BCUT2D eigenvalue weighted by atomic mass is 10.1. The number of nitrogens with one attached hydrogen (secondary N) is 1. The molecule has 2 aromatic carbocycles. The summed E-state index contributed by atoms with van der Waals surface area (Å²) in [4.78, 5) is 30.9. The molecular weight excluding hydrogens is 354 g/mol. The Labute approximate surface area is 163 Å². The number of nitrogens with zero attached hydrogens (tertiary/aromatic N) is 4. The van der Waals surface area contributed by atoms with E-state index in [9.17, 15) is 9.59 Å². The molecule has 7 heteroatoms. The number of amides is 2. The molecule has 2 heterocycles. The third kappa shape index (κ3) is 3.93. The quantitative estimate of drug-likeness (QED) is 0.713. The fraction of sp³-hybridized carbons (Fsp3) is 0.238. The Bertz CT molecular complexity index is 956. The molecule has 1 aliphatic rings. The first-order valence-corrected chi connectivity index (χ1v) is 9.27. The van der Waals surface area contributed by atoms with Crippen molar-refractivity contribution in [3.8, 4) is 5.69 Å². The summed E-state index contributed by atoms with van der Waals surface area (Å²) >= 11 is 0. The average Bonchev–Trinajstić information content (AvgIpc) is 3.37. The second-order valence-corrected chi connectivity index (χ2v) is 6.81. The van der Waals surface area contributed by atoms with Crippen LogP contribution in [-0.2, 0) is 11.2 Å². The van der Waals surface area contributed by atoms with Crippen LogP contribution in [0.2, 0.25) is 0 Å². The predicted octanol–water partition coefficient (Wildman–Crippen LogP) is 1.84. The van der Waals surface area contributed by atoms with E-state index in [1.165, 1.54) is 11.9 Å². The van der Waals surface area contributed by atoms with Crippen LogP contribution < -0.4 is 5.32 Å². The first-order chi connectivity index (χ1) is 13.7. The van der Waals surface area contributed by atoms with Crippen molar-refractivity contribution in [3.05, 3.63) is 78.4 Å². The fourth-order valence-electron chi connectivity index (χ4n) is 3.45. The van der Waals surface area contributed by atoms with E-state index in [2.05, 4.69) is 27.5 Å². The summed E-state index contributed by atoms with van der Waals surface area (Å²) < 4.78 is 1.56. The van der Waals surface area contributed by atoms with Crippen LogP contribution in [0.15, 0.2) is 67.3 Å². The van der Waals surface area contributed by atoms with E-state index in [0.717, 1.165) is 6.42 Å². The number of aromatic nitrogens is 3. The van der Waals surface area contributed by atoms with Crippen molar-refractivity contribution < 1.29 is 9.59 Å². The molecule has 3 aromatic rings. The molecule has 0 bridgehead atoms. The van der Waals surface area contributed by atoms with Crippen molar-refractivity contribution in [2.45, 2.75) is 18.9 Å². The van der Waals surface area contributed by atoms with Crippen molar-refractivity contribution in [3.63, 3.8) is 0 Å². The standard InChI is InChI=1S/C21H21N5O2/c27-20-12-17(13-25(20)11-10-16-6-2-1-3-7-16)24-21(28)18-8-4-5-9-19(18)26-15-22-14-23-26/h1-9,14-15,17H,10-13H2,(H,24,28). The van der Waals surface area contributed by atoms with Gasteiger partial charge in [0.2, 0.25) is 5.91 Å². The highest BCUT2D eigenvalue weighted by Gasteiger charge is 2.30. The second-order valence-electron chi connectivity index (χ2n) is 6.81. The Kier molecular flexibility index (Phi) is 5.14. The Hall–Kier alpha value is -3.48. The number of carbonyl (C=O) groups excluding carboxylic acids is 2. The maximum Gasteiger partial charge on any atom is 0.253 e. The van der Waals surface area contributed by atoms with Gasteiger partial charge in [0, 0.05) is 19.5 Å². The van der Waals surface area contributed by atoms with Gasteiger partial charge in [0.15, 0.2) is 0 Å². The van der Waals surface area contributed by atoms with Crippen LogP contribution in [0.4, 0.5) is 0 Å². The zero-order chi connectivity index (χ0) is 19.3. The molecule has 1 saturated heterocycles. The monoisotopic (exact) mass is 375 g/mol. The minimum absolute atomic E-state index is 0.0748. The van der Waals surface area contributed by atoms with E-state index < -0.39 is 0 Å². The number of hydrogen-bond donors (Lipinski definition) is 1. The van der Waals surface area contributed by atoms with Crippen molar-refractivity contribution in [2.75, 3.05) is 13.1 Å². The summed E-state index contributed by atoms with van der Waals surface area (Å²) in [5.74, 6) is -0.139. The minimum Gasteiger partial charge on any atom is -0.347 e. The molecule has 1 unspecified atom stereocenters. The fourth-order valence-corrected chi connectivity index (χ4v) is 3.45. The van der Waals surface area contributed by atoms with Crippen LogP contribution in [0.25, 0.3) is 5.69 Å². The number of likely N-dealkylation sites (tertiary alicyclic amines) is 1. The Morgan fingerprint density at radius 3 is 2.68 bits per heavy atom. The van der Waals surface area contributed by atoms with Crippen molar-refractivity contribution >= 4 is 11.8 Å². The maximum absolute atomic E-state index is 12.8. The van der Waals surface area contributed by atoms with Gasteiger partial charge in [-0.3, -0.25) is 9.59 Å². The topological polar surface area (TPSA) is 80.1 Å². The molecular formula is C21H21N5O2. The van der Waals surface area contributed by atoms with Crippen molar-refractivity contribution in [1.82, 2.24) is 25.0 Å². The molecule has 1 aromatic heterocycles. The van der Waals surface area contributed by atoms with Crippen molar-refractivity contribution in [1.29, 1.82) is 0 Å². The molecule has 4 rings (SSSR count). The number of hydrogen-bond acceptors (Lipinski definition) is 4. The van der Waals surface area contributed by atoms with Gasteiger partial charge < -0.3 is 10.2 Å². The second kappa shape index (κ2) is 8.04. The zero-order valence-electron chi connectivity index (χ0n) is 15.4. The average molecular weight is 375 g/mol. The van der Waals surface area contributed by atoms with Gasteiger partial charge in [-0.25, -0.2) is 9.67 Å². The number of carbonyl (C=O) groups is 2. The molecule has 0 spiro atoms. The molecule has 0 aliphatic carbocycles. The van der Waals surface area contributed by atoms with Gasteiger partial charge >= 0.3 is 0 Å². The molecule has 1 atom stereocenters. The molecule has 0 saturated carbocycles. The highest BCUT2D eigenvalue weighted by molar-refractivity contribution is 5.98. The van der Waals surface area contributed by atoms with Crippen LogP contribution in [-0.4, -0.2) is 50.6 Å². The first kappa shape index (κ1) is 17.9. The van der Waals surface area contributed by atoms with Crippen LogP contribution in [0.5, 0.6) is 0 Å². The Morgan fingerprint density at radius 1 is 1.11 bits per heavy atom. The Balaban J connectivity index is 1.39. The van der Waals surface area contributed by atoms with E-state index in [1.54, 1.807) is 23.1 Å². The van der Waals surface area contributed by atoms with Gasteiger partial charge in [0.05, 0.1) is 17.3 Å². The molecule has 1 fully saturated rings. The predicted molar refractivity (Wildman–Crippen MR) is 104 cm³/mol. The lowest BCUT2D eigenvalue weighted by Crippen LogP contribution is -2.38. The summed E-state index contributed by atoms with van der Waals surface area (Å²) in [5, 5.41) is 7.09. The van der Waals surface area contributed by atoms with E-state index in [0.29, 0.717) is 30.8 Å². The van der Waals surface area contributed by atoms with Gasteiger partial charge in [-0.2, -0.15) is 5.10 Å². The lowest BCUT2D eigenvalue weighted by Gasteiger charge is -2.17. The summed E-state index contributed by atoms with van der Waals surface area (Å²) in [6.07, 6.45) is 4.11. The zero-order valence-corrected chi connectivity index (χ0v) is 15.4. The molecule has 7 nitrogen and oxygen atoms in total.